The van der Waals surface area contributed by atoms with Gasteiger partial charge in [-0.15, -0.1) is 0 Å². The summed E-state index contributed by atoms with van der Waals surface area (Å²) in [6.45, 7) is 0.0298. The molecule has 0 saturated carbocycles. The Morgan fingerprint density at radius 2 is 2.24 bits per heavy atom. The summed E-state index contributed by atoms with van der Waals surface area (Å²) in [5.74, 6) is -1.13. The van der Waals surface area contributed by atoms with Gasteiger partial charge < -0.3 is 11.5 Å². The van der Waals surface area contributed by atoms with Crippen LogP contribution in [0.3, 0.4) is 0 Å². The summed E-state index contributed by atoms with van der Waals surface area (Å²) in [6, 6.07) is 2.29. The van der Waals surface area contributed by atoms with Gasteiger partial charge in [0.2, 0.25) is 10.0 Å². The van der Waals surface area contributed by atoms with Crippen LogP contribution in [0.15, 0.2) is 24.5 Å². The minimum absolute atomic E-state index is 0.0298. The van der Waals surface area contributed by atoms with E-state index in [0.29, 0.717) is 0 Å². The van der Waals surface area contributed by atoms with E-state index in [1.165, 1.54) is 24.5 Å². The highest BCUT2D eigenvalue weighted by Crippen LogP contribution is 1.97. The van der Waals surface area contributed by atoms with Crippen molar-refractivity contribution in [2.45, 2.75) is 6.04 Å². The van der Waals surface area contributed by atoms with Crippen molar-refractivity contribution < 1.29 is 13.2 Å². The summed E-state index contributed by atoms with van der Waals surface area (Å²) in [4.78, 5) is 15.2. The minimum atomic E-state index is -3.77. The predicted octanol–water partition coefficient (Wildman–Crippen LogP) is -1.57. The van der Waals surface area contributed by atoms with E-state index in [9.17, 15) is 13.2 Å². The molecule has 0 aliphatic rings. The second-order valence-electron chi connectivity index (χ2n) is 3.45. The number of aromatic nitrogens is 1. The van der Waals surface area contributed by atoms with E-state index in [1.807, 2.05) is 4.72 Å². The lowest BCUT2D eigenvalue weighted by molar-refractivity contribution is 0.0981. The average Bonchev–Trinajstić information content (AvgIpc) is 2.28. The van der Waals surface area contributed by atoms with Crippen molar-refractivity contribution in [2.24, 2.45) is 11.5 Å². The summed E-state index contributed by atoms with van der Waals surface area (Å²) in [7, 11) is -3.77. The Morgan fingerprint density at radius 3 is 2.76 bits per heavy atom. The van der Waals surface area contributed by atoms with Crippen molar-refractivity contribution in [2.75, 3.05) is 12.3 Å². The molecular formula is C9H14N4O3S. The number of sulfonamides is 1. The van der Waals surface area contributed by atoms with Crippen LogP contribution in [0.1, 0.15) is 10.4 Å². The van der Waals surface area contributed by atoms with Crippen LogP contribution in [0.2, 0.25) is 0 Å². The van der Waals surface area contributed by atoms with Gasteiger partial charge in [0.15, 0.2) is 0 Å². The second kappa shape index (κ2) is 5.71. The number of hydrogen-bond acceptors (Lipinski definition) is 6. The molecule has 1 aromatic heterocycles. The molecule has 0 spiro atoms. The monoisotopic (exact) mass is 258 g/mol. The molecule has 94 valence electrons. The fourth-order valence-corrected chi connectivity index (χ4v) is 2.27. The molecular weight excluding hydrogens is 244 g/mol. The first-order valence-electron chi connectivity index (χ1n) is 4.85. The fraction of sp³-hybridized carbons (Fsp3) is 0.333. The summed E-state index contributed by atoms with van der Waals surface area (Å²) < 4.78 is 24.9. The number of nitrogens with one attached hydrogen (secondary N) is 1. The topological polar surface area (TPSA) is 128 Å². The maximum absolute atomic E-state index is 11.5. The number of pyridine rings is 1. The van der Waals surface area contributed by atoms with Crippen molar-refractivity contribution >= 4 is 15.9 Å². The van der Waals surface area contributed by atoms with Gasteiger partial charge in [0, 0.05) is 25.0 Å². The SMILES string of the molecule is NCC(N)CS(=O)(=O)NC(=O)c1cccnc1. The van der Waals surface area contributed by atoms with Gasteiger partial charge in [-0.25, -0.2) is 13.1 Å². The summed E-state index contributed by atoms with van der Waals surface area (Å²) >= 11 is 0. The van der Waals surface area contributed by atoms with E-state index in [1.54, 1.807) is 0 Å². The van der Waals surface area contributed by atoms with Crippen molar-refractivity contribution in [1.82, 2.24) is 9.71 Å². The van der Waals surface area contributed by atoms with Crippen LogP contribution in [0.25, 0.3) is 0 Å². The number of hydrogen-bond donors (Lipinski definition) is 3. The van der Waals surface area contributed by atoms with Crippen LogP contribution < -0.4 is 16.2 Å². The van der Waals surface area contributed by atoms with Gasteiger partial charge in [0.25, 0.3) is 5.91 Å². The molecule has 0 aliphatic heterocycles. The van der Waals surface area contributed by atoms with Gasteiger partial charge in [-0.1, -0.05) is 0 Å². The van der Waals surface area contributed by atoms with Crippen LogP contribution in [0, 0.1) is 0 Å². The predicted molar refractivity (Wildman–Crippen MR) is 62.5 cm³/mol. The zero-order valence-electron chi connectivity index (χ0n) is 9.04. The summed E-state index contributed by atoms with van der Waals surface area (Å²) in [5, 5.41) is 0. The largest absolute Gasteiger partial charge is 0.329 e. The van der Waals surface area contributed by atoms with Crippen LogP contribution >= 0.6 is 0 Å². The van der Waals surface area contributed by atoms with Gasteiger partial charge >= 0.3 is 0 Å². The number of nitrogens with zero attached hydrogens (tertiary/aromatic N) is 1. The molecule has 0 fully saturated rings. The second-order valence-corrected chi connectivity index (χ2v) is 5.22. The standard InChI is InChI=1S/C9H14N4O3S/c10-4-8(11)6-17(15,16)13-9(14)7-2-1-3-12-5-7/h1-3,5,8H,4,6,10-11H2,(H,13,14). The highest BCUT2D eigenvalue weighted by Gasteiger charge is 2.18. The Bertz CT molecular complexity index is 474. The molecule has 1 unspecified atom stereocenters. The molecule has 0 saturated heterocycles. The normalized spacial score (nSPS) is 13.1. The number of rotatable bonds is 5. The molecule has 1 rings (SSSR count). The quantitative estimate of drug-likeness (QED) is 0.585. The third kappa shape index (κ3) is 4.47. The first-order valence-corrected chi connectivity index (χ1v) is 6.50. The van der Waals surface area contributed by atoms with Gasteiger partial charge in [-0.05, 0) is 12.1 Å². The molecule has 1 heterocycles. The molecule has 1 aromatic rings. The molecule has 1 atom stereocenters. The van der Waals surface area contributed by atoms with Crippen LogP contribution in [-0.4, -0.2) is 37.6 Å². The van der Waals surface area contributed by atoms with Gasteiger partial charge in [0.1, 0.15) is 0 Å². The van der Waals surface area contributed by atoms with Gasteiger partial charge in [0.05, 0.1) is 11.3 Å². The molecule has 0 aliphatic carbocycles. The first kappa shape index (κ1) is 13.6. The van der Waals surface area contributed by atoms with Gasteiger partial charge in [-0.2, -0.15) is 0 Å². The maximum atomic E-state index is 11.5. The van der Waals surface area contributed by atoms with Gasteiger partial charge in [-0.3, -0.25) is 9.78 Å². The average molecular weight is 258 g/mol. The zero-order valence-corrected chi connectivity index (χ0v) is 9.85. The van der Waals surface area contributed by atoms with E-state index >= 15 is 0 Å². The molecule has 7 nitrogen and oxygen atoms in total. The lowest BCUT2D eigenvalue weighted by atomic mass is 10.3. The molecule has 5 N–H and O–H groups in total. The first-order chi connectivity index (χ1) is 7.94. The van der Waals surface area contributed by atoms with Crippen LogP contribution in [0.5, 0.6) is 0 Å². The highest BCUT2D eigenvalue weighted by atomic mass is 32.2. The molecule has 17 heavy (non-hydrogen) atoms. The number of carbonyl (C=O) groups excluding carboxylic acids is 1. The van der Waals surface area contributed by atoms with E-state index in [2.05, 4.69) is 4.98 Å². The van der Waals surface area contributed by atoms with E-state index in [-0.39, 0.29) is 12.1 Å². The minimum Gasteiger partial charge on any atom is -0.329 e. The van der Waals surface area contributed by atoms with Crippen molar-refractivity contribution in [1.29, 1.82) is 0 Å². The van der Waals surface area contributed by atoms with Crippen LogP contribution in [0.4, 0.5) is 0 Å². The Labute approximate surface area is 99.3 Å². The number of amides is 1. The van der Waals surface area contributed by atoms with E-state index in [4.69, 9.17) is 11.5 Å². The Hall–Kier alpha value is -1.51. The summed E-state index contributed by atoms with van der Waals surface area (Å²) in [5.41, 5.74) is 10.8. The molecule has 0 bridgehead atoms. The van der Waals surface area contributed by atoms with Crippen molar-refractivity contribution in [3.63, 3.8) is 0 Å². The fourth-order valence-electron chi connectivity index (χ4n) is 1.09. The third-order valence-corrected chi connectivity index (χ3v) is 3.27. The third-order valence-electron chi connectivity index (χ3n) is 1.91. The Morgan fingerprint density at radius 1 is 1.53 bits per heavy atom. The van der Waals surface area contributed by atoms with Crippen molar-refractivity contribution in [3.8, 4) is 0 Å². The maximum Gasteiger partial charge on any atom is 0.266 e. The van der Waals surface area contributed by atoms with E-state index < -0.39 is 27.7 Å². The smallest absolute Gasteiger partial charge is 0.266 e. The zero-order chi connectivity index (χ0) is 12.9. The lowest BCUT2D eigenvalue weighted by Crippen LogP contribution is -2.42. The molecule has 8 heteroatoms. The Kier molecular flexibility index (Phi) is 4.55. The molecule has 0 aromatic carbocycles. The summed E-state index contributed by atoms with van der Waals surface area (Å²) in [6.07, 6.45) is 2.75. The van der Waals surface area contributed by atoms with Crippen LogP contribution in [-0.2, 0) is 10.0 Å². The van der Waals surface area contributed by atoms with E-state index in [0.717, 1.165) is 0 Å². The highest BCUT2D eigenvalue weighted by molar-refractivity contribution is 7.90. The number of carbonyl (C=O) groups is 1. The lowest BCUT2D eigenvalue weighted by Gasteiger charge is -2.10. The molecule has 1 amide bonds. The number of nitrogens with two attached hydrogens (primary N) is 2. The Balaban J connectivity index is 2.69. The van der Waals surface area contributed by atoms with Crippen molar-refractivity contribution in [3.05, 3.63) is 30.1 Å². The molecule has 0 radical (unpaired) electrons.